The van der Waals surface area contributed by atoms with Crippen LogP contribution in [0.15, 0.2) is 179 Å². The summed E-state index contributed by atoms with van der Waals surface area (Å²) in [6.07, 6.45) is 0. The highest BCUT2D eigenvalue weighted by molar-refractivity contribution is 7.26. The molecule has 0 amide bonds. The number of hydrogen-bond acceptors (Lipinski definition) is 6. The highest BCUT2D eigenvalue weighted by Crippen LogP contribution is 2.45. The Bertz CT molecular complexity index is 3740. The molecule has 8 aromatic carbocycles. The lowest BCUT2D eigenvalue weighted by Crippen LogP contribution is -2.00. The van der Waals surface area contributed by atoms with Gasteiger partial charge in [-0.05, 0) is 42.5 Å². The minimum Gasteiger partial charge on any atom is -0.456 e. The molecule has 0 spiro atoms. The van der Waals surface area contributed by atoms with Crippen LogP contribution in [0.25, 0.3) is 126 Å². The molecule has 13 aromatic rings. The molecule has 270 valence electrons. The van der Waals surface area contributed by atoms with Crippen LogP contribution in [0, 0.1) is 0 Å². The number of thiophene rings is 1. The summed E-state index contributed by atoms with van der Waals surface area (Å²) in [6.45, 7) is 0. The lowest BCUT2D eigenvalue weighted by molar-refractivity contribution is 0.662. The van der Waals surface area contributed by atoms with E-state index in [1.54, 1.807) is 0 Å². The van der Waals surface area contributed by atoms with Crippen molar-refractivity contribution in [2.75, 3.05) is 0 Å². The van der Waals surface area contributed by atoms with Crippen molar-refractivity contribution in [3.8, 4) is 39.9 Å². The molecule has 58 heavy (non-hydrogen) atoms. The van der Waals surface area contributed by atoms with E-state index in [4.69, 9.17) is 23.8 Å². The van der Waals surface area contributed by atoms with Crippen LogP contribution in [0.5, 0.6) is 0 Å². The molecule has 0 fully saturated rings. The van der Waals surface area contributed by atoms with Gasteiger partial charge in [0.05, 0.1) is 21.4 Å². The number of nitrogens with zero attached hydrogens (tertiary/aromatic N) is 4. The van der Waals surface area contributed by atoms with Crippen molar-refractivity contribution < 1.29 is 8.83 Å². The average Bonchev–Trinajstić information content (AvgIpc) is 4.04. The Morgan fingerprint density at radius 3 is 1.76 bits per heavy atom. The van der Waals surface area contributed by atoms with Crippen molar-refractivity contribution in [2.24, 2.45) is 0 Å². The van der Waals surface area contributed by atoms with Crippen molar-refractivity contribution in [3.05, 3.63) is 170 Å². The molecule has 0 aliphatic carbocycles. The Kier molecular flexibility index (Phi) is 6.50. The Hall–Kier alpha value is -7.61. The monoisotopic (exact) mass is 760 g/mol. The summed E-state index contributed by atoms with van der Waals surface area (Å²) < 4.78 is 18.5. The lowest BCUT2D eigenvalue weighted by atomic mass is 10.1. The molecule has 0 N–H and O–H groups in total. The van der Waals surface area contributed by atoms with E-state index in [0.29, 0.717) is 17.5 Å². The Balaban J connectivity index is 0.988. The van der Waals surface area contributed by atoms with Crippen LogP contribution < -0.4 is 0 Å². The third kappa shape index (κ3) is 4.56. The molecule has 0 aliphatic rings. The standard InChI is InChI=1S/C51H28N4O2S/c1-3-12-29(13-4-1)49-52-50(30-14-5-2-6-15-30)54-51(53-49)31-22-23-33-38-27-44-39(28-43(38)56-42(33)26-31)36-18-11-20-41(47(36)57-44)55-40-19-9-7-16-32(40)35-24-25-37-34-17-8-10-21-45(34)58-48(37)46(35)55/h1-28H. The molecule has 0 unspecified atom stereocenters. The van der Waals surface area contributed by atoms with Gasteiger partial charge in [0.25, 0.3) is 0 Å². The van der Waals surface area contributed by atoms with Gasteiger partial charge < -0.3 is 13.4 Å². The van der Waals surface area contributed by atoms with Gasteiger partial charge in [-0.15, -0.1) is 11.3 Å². The average molecular weight is 761 g/mol. The Morgan fingerprint density at radius 1 is 0.397 bits per heavy atom. The first-order valence-corrected chi connectivity index (χ1v) is 20.1. The predicted molar refractivity (Wildman–Crippen MR) is 238 cm³/mol. The molecule has 0 radical (unpaired) electrons. The molecule has 13 rings (SSSR count). The van der Waals surface area contributed by atoms with E-state index >= 15 is 0 Å². The van der Waals surface area contributed by atoms with Gasteiger partial charge in [-0.1, -0.05) is 127 Å². The zero-order valence-corrected chi connectivity index (χ0v) is 31.5. The number of fused-ring (bicyclic) bond motifs is 13. The number of aromatic nitrogens is 4. The lowest BCUT2D eigenvalue weighted by Gasteiger charge is -2.09. The third-order valence-electron chi connectivity index (χ3n) is 11.4. The smallest absolute Gasteiger partial charge is 0.164 e. The van der Waals surface area contributed by atoms with Crippen LogP contribution in [-0.2, 0) is 0 Å². The van der Waals surface area contributed by atoms with Gasteiger partial charge in [-0.2, -0.15) is 0 Å². The molecule has 5 heterocycles. The van der Waals surface area contributed by atoms with Gasteiger partial charge in [0, 0.05) is 64.5 Å². The van der Waals surface area contributed by atoms with E-state index in [2.05, 4.69) is 108 Å². The maximum atomic E-state index is 6.92. The molecule has 0 atom stereocenters. The second-order valence-electron chi connectivity index (χ2n) is 14.7. The number of para-hydroxylation sites is 2. The van der Waals surface area contributed by atoms with E-state index in [1.807, 2.05) is 78.1 Å². The zero-order valence-electron chi connectivity index (χ0n) is 30.7. The number of benzene rings is 8. The van der Waals surface area contributed by atoms with Gasteiger partial charge in [-0.3, -0.25) is 0 Å². The number of hydrogen-bond donors (Lipinski definition) is 0. The summed E-state index contributed by atoms with van der Waals surface area (Å²) in [6, 6.07) is 58.9. The molecular weight excluding hydrogens is 733 g/mol. The summed E-state index contributed by atoms with van der Waals surface area (Å²) in [4.78, 5) is 14.8. The fourth-order valence-electron chi connectivity index (χ4n) is 8.79. The highest BCUT2D eigenvalue weighted by Gasteiger charge is 2.22. The molecule has 5 aromatic heterocycles. The van der Waals surface area contributed by atoms with E-state index in [1.165, 1.54) is 36.5 Å². The fraction of sp³-hybridized carbons (Fsp3) is 0. The predicted octanol–water partition coefficient (Wildman–Crippen LogP) is 14.1. The first kappa shape index (κ1) is 31.6. The third-order valence-corrected chi connectivity index (χ3v) is 12.6. The van der Waals surface area contributed by atoms with Crippen LogP contribution in [0.2, 0.25) is 0 Å². The fourth-order valence-corrected chi connectivity index (χ4v) is 10.0. The van der Waals surface area contributed by atoms with Crippen molar-refractivity contribution in [1.82, 2.24) is 19.5 Å². The second-order valence-corrected chi connectivity index (χ2v) is 15.8. The van der Waals surface area contributed by atoms with E-state index in [9.17, 15) is 0 Å². The summed E-state index contributed by atoms with van der Waals surface area (Å²) in [5, 5.41) is 9.04. The normalized spacial score (nSPS) is 12.1. The SMILES string of the molecule is c1ccc(-c2nc(-c3ccccc3)nc(-c3ccc4c(c3)oc3cc5c(cc34)oc3c(-n4c6ccccc6c6ccc7c8ccccc8sc7c64)cccc35)n2)cc1. The van der Waals surface area contributed by atoms with Crippen LogP contribution in [0.4, 0.5) is 0 Å². The quantitative estimate of drug-likeness (QED) is 0.179. The number of rotatable bonds is 4. The maximum absolute atomic E-state index is 6.92. The Morgan fingerprint density at radius 2 is 0.983 bits per heavy atom. The highest BCUT2D eigenvalue weighted by atomic mass is 32.1. The van der Waals surface area contributed by atoms with Crippen LogP contribution in [0.1, 0.15) is 0 Å². The van der Waals surface area contributed by atoms with Gasteiger partial charge in [0.1, 0.15) is 16.7 Å². The van der Waals surface area contributed by atoms with Crippen LogP contribution >= 0.6 is 11.3 Å². The van der Waals surface area contributed by atoms with Crippen LogP contribution in [-0.4, -0.2) is 19.5 Å². The van der Waals surface area contributed by atoms with Gasteiger partial charge in [0.2, 0.25) is 0 Å². The first-order valence-electron chi connectivity index (χ1n) is 19.3. The summed E-state index contributed by atoms with van der Waals surface area (Å²) >= 11 is 1.85. The minimum absolute atomic E-state index is 0.584. The number of furan rings is 2. The maximum Gasteiger partial charge on any atom is 0.164 e. The molecule has 0 bridgehead atoms. The first-order chi connectivity index (χ1) is 28.7. The van der Waals surface area contributed by atoms with E-state index in [0.717, 1.165) is 71.8 Å². The zero-order chi connectivity index (χ0) is 37.9. The van der Waals surface area contributed by atoms with Crippen molar-refractivity contribution >= 4 is 97.2 Å². The summed E-state index contributed by atoms with van der Waals surface area (Å²) in [7, 11) is 0. The largest absolute Gasteiger partial charge is 0.456 e. The van der Waals surface area contributed by atoms with Gasteiger partial charge in [-0.25, -0.2) is 15.0 Å². The van der Waals surface area contributed by atoms with Crippen molar-refractivity contribution in [1.29, 1.82) is 0 Å². The Labute approximate surface area is 333 Å². The van der Waals surface area contributed by atoms with E-state index < -0.39 is 0 Å². The summed E-state index contributed by atoms with van der Waals surface area (Å²) in [5.41, 5.74) is 9.27. The molecule has 0 saturated carbocycles. The second kappa shape index (κ2) is 11.9. The topological polar surface area (TPSA) is 69.9 Å². The molecule has 6 nitrogen and oxygen atoms in total. The molecular formula is C51H28N4O2S. The van der Waals surface area contributed by atoms with E-state index in [-0.39, 0.29) is 0 Å². The molecule has 0 saturated heterocycles. The van der Waals surface area contributed by atoms with Crippen LogP contribution in [0.3, 0.4) is 0 Å². The van der Waals surface area contributed by atoms with Crippen molar-refractivity contribution in [3.63, 3.8) is 0 Å². The van der Waals surface area contributed by atoms with Gasteiger partial charge in [0.15, 0.2) is 23.1 Å². The minimum atomic E-state index is 0.584. The molecule has 7 heteroatoms. The summed E-state index contributed by atoms with van der Waals surface area (Å²) in [5.74, 6) is 1.82. The van der Waals surface area contributed by atoms with Crippen molar-refractivity contribution in [2.45, 2.75) is 0 Å². The van der Waals surface area contributed by atoms with Gasteiger partial charge >= 0.3 is 0 Å². The molecule has 0 aliphatic heterocycles.